The van der Waals surface area contributed by atoms with Gasteiger partial charge in [-0.15, -0.1) is 0 Å². The lowest BCUT2D eigenvalue weighted by molar-refractivity contribution is 1.20. The Balaban J connectivity index is 2.32. The summed E-state index contributed by atoms with van der Waals surface area (Å²) in [5, 5.41) is 19.2. The van der Waals surface area contributed by atoms with Crippen LogP contribution in [0.15, 0.2) is 91.0 Å². The third kappa shape index (κ3) is 2.39. The largest absolute Gasteiger partial charge is 0.343 e. The van der Waals surface area contributed by atoms with Crippen molar-refractivity contribution >= 4 is 23.8 Å². The van der Waals surface area contributed by atoms with Gasteiger partial charge >= 0.3 is 8.24 Å². The maximum Gasteiger partial charge on any atom is 0.343 e. The molecule has 4 heteroatoms. The van der Waals surface area contributed by atoms with Crippen LogP contribution in [0.1, 0.15) is 0 Å². The number of nitrogens with zero attached hydrogens (tertiary/aromatic N) is 2. The van der Waals surface area contributed by atoms with Crippen LogP contribution >= 0.6 is 0 Å². The molecule has 0 saturated heterocycles. The van der Waals surface area contributed by atoms with Crippen molar-refractivity contribution in [1.29, 1.82) is 5.39 Å². The Labute approximate surface area is 130 Å². The number of diazo groups is 1. The van der Waals surface area contributed by atoms with Crippen molar-refractivity contribution in [2.24, 2.45) is 0 Å². The summed E-state index contributed by atoms with van der Waals surface area (Å²) in [6, 6.07) is 30.6. The van der Waals surface area contributed by atoms with Crippen molar-refractivity contribution in [1.82, 2.24) is 5.09 Å². The van der Waals surface area contributed by atoms with Crippen molar-refractivity contribution in [3.05, 3.63) is 96.1 Å². The highest BCUT2D eigenvalue weighted by Crippen LogP contribution is 2.05. The Bertz CT molecular complexity index is 671. The summed E-state index contributed by atoms with van der Waals surface area (Å²) in [4.78, 5) is 0. The molecule has 0 radical (unpaired) electrons. The lowest BCUT2D eigenvalue weighted by atomic mass is 10.3. The second kappa shape index (κ2) is 6.25. The molecule has 22 heavy (non-hydrogen) atoms. The fraction of sp³-hybridized carbons (Fsp3) is 0. The molecule has 3 aromatic carbocycles. The van der Waals surface area contributed by atoms with E-state index in [2.05, 4.69) is 46.6 Å². The maximum atomic E-state index is 9.33. The van der Waals surface area contributed by atoms with Crippen LogP contribution < -0.4 is 20.7 Å². The van der Waals surface area contributed by atoms with Gasteiger partial charge in [-0.2, -0.15) is 0 Å². The number of hydrogen-bond donors (Lipinski definition) is 1. The second-order valence-electron chi connectivity index (χ2n) is 5.06. The number of benzene rings is 3. The van der Waals surface area contributed by atoms with Gasteiger partial charge in [0, 0.05) is 0 Å². The average Bonchev–Trinajstić information content (AvgIpc) is 2.62. The number of nitrogens with one attached hydrogen (secondary N) is 1. The predicted molar refractivity (Wildman–Crippen MR) is 92.2 cm³/mol. The molecular weight excluding hydrogens is 286 g/mol. The van der Waals surface area contributed by atoms with Gasteiger partial charge < -0.3 is 0 Å². The van der Waals surface area contributed by atoms with E-state index in [0.717, 1.165) is 15.6 Å². The van der Waals surface area contributed by atoms with E-state index in [4.69, 9.17) is 0 Å². The third-order valence-corrected chi connectivity index (χ3v) is 7.87. The zero-order valence-electron chi connectivity index (χ0n) is 12.1. The van der Waals surface area contributed by atoms with Gasteiger partial charge in [-0.3, -0.25) is 0 Å². The molecule has 0 aliphatic carbocycles. The van der Waals surface area contributed by atoms with Gasteiger partial charge in [-0.25, -0.2) is 0 Å². The monoisotopic (exact) mass is 302 g/mol. The highest BCUT2D eigenvalue weighted by Gasteiger charge is 2.46. The lowest BCUT2D eigenvalue weighted by Crippen LogP contribution is -2.74. The number of rotatable bonds is 4. The van der Waals surface area contributed by atoms with Gasteiger partial charge in [0.15, 0.2) is 0 Å². The normalized spacial score (nSPS) is 10.7. The number of hydrogen-bond acceptors (Lipinski definition) is 2. The topological polar surface area (TPSA) is 40.2 Å². The summed E-state index contributed by atoms with van der Waals surface area (Å²) in [6.07, 6.45) is 0. The molecule has 0 atom stereocenters. The first-order valence-electron chi connectivity index (χ1n) is 7.16. The molecule has 0 fully saturated rings. The zero-order chi connectivity index (χ0) is 15.3. The average molecular weight is 302 g/mol. The van der Waals surface area contributed by atoms with E-state index in [9.17, 15) is 5.39 Å². The zero-order valence-corrected chi connectivity index (χ0v) is 13.1. The van der Waals surface area contributed by atoms with Crippen molar-refractivity contribution in [2.45, 2.75) is 0 Å². The molecule has 3 rings (SSSR count). The summed E-state index contributed by atoms with van der Waals surface area (Å²) in [5.41, 5.74) is 0. The smallest absolute Gasteiger partial charge is 0.0707 e. The van der Waals surface area contributed by atoms with Crippen molar-refractivity contribution in [2.75, 3.05) is 0 Å². The Morgan fingerprint density at radius 2 is 0.909 bits per heavy atom. The molecule has 0 aliphatic rings. The molecule has 1 N–H and O–H groups in total. The van der Waals surface area contributed by atoms with Gasteiger partial charge in [-0.1, -0.05) is 96.1 Å². The van der Waals surface area contributed by atoms with Crippen LogP contribution in [0.4, 0.5) is 0 Å². The molecule has 0 heterocycles. The summed E-state index contributed by atoms with van der Waals surface area (Å²) in [5.74, 6) is 0. The summed E-state index contributed by atoms with van der Waals surface area (Å²) in [7, 11) is -2.59. The van der Waals surface area contributed by atoms with E-state index < -0.39 is 8.24 Å². The Hall–Kier alpha value is -2.90. The first-order chi connectivity index (χ1) is 10.9. The minimum atomic E-state index is -2.59. The fourth-order valence-corrected chi connectivity index (χ4v) is 6.45. The lowest BCUT2D eigenvalue weighted by Gasteiger charge is -2.25. The molecule has 0 aliphatic heterocycles. The first-order valence-corrected chi connectivity index (χ1v) is 9.16. The van der Waals surface area contributed by atoms with Crippen molar-refractivity contribution in [3.8, 4) is 0 Å². The SMILES string of the molecule is N#[N+]N[Si](c1ccccc1)(c1ccccc1)c1ccccc1. The highest BCUT2D eigenvalue weighted by atomic mass is 28.3. The van der Waals surface area contributed by atoms with Gasteiger partial charge in [0.1, 0.15) is 0 Å². The van der Waals surface area contributed by atoms with E-state index >= 15 is 0 Å². The van der Waals surface area contributed by atoms with E-state index in [1.165, 1.54) is 0 Å². The highest BCUT2D eigenvalue weighted by molar-refractivity contribution is 7.09. The van der Waals surface area contributed by atoms with Crippen LogP contribution in [0.2, 0.25) is 0 Å². The van der Waals surface area contributed by atoms with Crippen LogP contribution in [0.5, 0.6) is 0 Å². The minimum Gasteiger partial charge on any atom is -0.0707 e. The Morgan fingerprint density at radius 1 is 0.591 bits per heavy atom. The van der Waals surface area contributed by atoms with E-state index in [1.807, 2.05) is 54.6 Å². The summed E-state index contributed by atoms with van der Waals surface area (Å²) < 4.78 is 0. The van der Waals surface area contributed by atoms with Crippen molar-refractivity contribution < 1.29 is 0 Å². The molecular formula is C18H16N3Si+. The van der Waals surface area contributed by atoms with Crippen LogP contribution in [-0.4, -0.2) is 8.24 Å². The molecule has 0 spiro atoms. The molecule has 0 saturated carbocycles. The summed E-state index contributed by atoms with van der Waals surface area (Å²) >= 11 is 0. The molecule has 0 unspecified atom stereocenters. The van der Waals surface area contributed by atoms with Crippen LogP contribution in [-0.2, 0) is 0 Å². The Kier molecular flexibility index (Phi) is 3.99. The fourth-order valence-electron chi connectivity index (χ4n) is 2.83. The van der Waals surface area contributed by atoms with E-state index in [-0.39, 0.29) is 0 Å². The van der Waals surface area contributed by atoms with Gasteiger partial charge in [0.25, 0.3) is 10.5 Å². The Morgan fingerprint density at radius 3 is 1.18 bits per heavy atom. The second-order valence-corrected chi connectivity index (χ2v) is 8.52. The van der Waals surface area contributed by atoms with E-state index in [1.54, 1.807) is 0 Å². The molecule has 0 aromatic heterocycles. The quantitative estimate of drug-likeness (QED) is 0.347. The molecule has 3 aromatic rings. The van der Waals surface area contributed by atoms with Crippen LogP contribution in [0.25, 0.3) is 5.08 Å². The molecule has 3 nitrogen and oxygen atoms in total. The van der Waals surface area contributed by atoms with Gasteiger partial charge in [-0.05, 0) is 15.6 Å². The molecule has 0 bridgehead atoms. The minimum absolute atomic E-state index is 1.14. The maximum absolute atomic E-state index is 9.33. The molecule has 0 amide bonds. The van der Waals surface area contributed by atoms with Crippen LogP contribution in [0, 0.1) is 5.39 Å². The first kappa shape index (κ1) is 14.1. The predicted octanol–water partition coefficient (Wildman–Crippen LogP) is 2.01. The van der Waals surface area contributed by atoms with Gasteiger partial charge in [0.2, 0.25) is 0 Å². The van der Waals surface area contributed by atoms with Crippen molar-refractivity contribution in [3.63, 3.8) is 0 Å². The standard InChI is InChI=1S/C18H16N3Si/c19-20-21-22(16-10-4-1-5-11-16,17-12-6-2-7-13-17)18-14-8-3-9-15-18/h1-15,21H/q+1. The molecule has 106 valence electrons. The van der Waals surface area contributed by atoms with Gasteiger partial charge in [0.05, 0.1) is 0 Å². The summed E-state index contributed by atoms with van der Waals surface area (Å²) in [6.45, 7) is 0. The van der Waals surface area contributed by atoms with E-state index in [0.29, 0.717) is 0 Å². The van der Waals surface area contributed by atoms with Crippen LogP contribution in [0.3, 0.4) is 0 Å². The third-order valence-electron chi connectivity index (χ3n) is 3.84.